The van der Waals surface area contributed by atoms with Crippen molar-refractivity contribution < 1.29 is 9.32 Å². The molecule has 2 aromatic heterocycles. The van der Waals surface area contributed by atoms with E-state index in [4.69, 9.17) is 4.52 Å². The van der Waals surface area contributed by atoms with E-state index in [0.29, 0.717) is 17.1 Å². The number of hydrogen-bond donors (Lipinski definition) is 1. The number of halogens is 1. The lowest BCUT2D eigenvalue weighted by Gasteiger charge is -2.08. The highest BCUT2D eigenvalue weighted by Gasteiger charge is 2.13. The average Bonchev–Trinajstić information content (AvgIpc) is 3.22. The number of amides is 1. The van der Waals surface area contributed by atoms with Gasteiger partial charge in [0.15, 0.2) is 0 Å². The van der Waals surface area contributed by atoms with E-state index < -0.39 is 0 Å². The number of nitrogens with one attached hydrogen (secondary N) is 1. The molecule has 1 N–H and O–H groups in total. The maximum Gasteiger partial charge on any atom is 0.259 e. The molecule has 0 saturated carbocycles. The van der Waals surface area contributed by atoms with E-state index in [0.717, 1.165) is 15.6 Å². The normalized spacial score (nSPS) is 10.7. The van der Waals surface area contributed by atoms with Gasteiger partial charge in [0.1, 0.15) is 6.54 Å². The lowest BCUT2D eigenvalue weighted by atomic mass is 10.2. The molecule has 0 atom stereocenters. The van der Waals surface area contributed by atoms with Crippen molar-refractivity contribution in [3.8, 4) is 22.8 Å². The predicted octanol–water partition coefficient (Wildman–Crippen LogP) is 4.27. The number of pyridine rings is 1. The largest absolute Gasteiger partial charge is 0.334 e. The smallest absolute Gasteiger partial charge is 0.259 e. The molecule has 2 aromatic carbocycles. The van der Waals surface area contributed by atoms with Crippen LogP contribution in [0.15, 0.2) is 80.7 Å². The lowest BCUT2D eigenvalue weighted by Crippen LogP contribution is -2.26. The molecular weight excluding hydrogens is 448 g/mol. The molecule has 0 aliphatic carbocycles. The second-order valence-electron chi connectivity index (χ2n) is 6.73. The third-order valence-electron chi connectivity index (χ3n) is 4.41. The lowest BCUT2D eigenvalue weighted by molar-refractivity contribution is -0.116. The van der Waals surface area contributed by atoms with E-state index in [1.165, 1.54) is 16.8 Å². The van der Waals surface area contributed by atoms with Crippen molar-refractivity contribution in [1.82, 2.24) is 14.7 Å². The number of benzene rings is 2. The zero-order valence-electron chi connectivity index (χ0n) is 16.0. The van der Waals surface area contributed by atoms with Crippen LogP contribution in [-0.2, 0) is 11.3 Å². The van der Waals surface area contributed by atoms with Crippen molar-refractivity contribution >= 4 is 27.5 Å². The van der Waals surface area contributed by atoms with Crippen LogP contribution >= 0.6 is 15.9 Å². The number of nitrogens with zero attached hydrogens (tertiary/aromatic N) is 3. The Labute approximate surface area is 180 Å². The van der Waals surface area contributed by atoms with Crippen molar-refractivity contribution in [1.29, 1.82) is 0 Å². The van der Waals surface area contributed by atoms with Gasteiger partial charge in [-0.3, -0.25) is 9.59 Å². The summed E-state index contributed by atoms with van der Waals surface area (Å²) in [6.07, 6.45) is 1.54. The summed E-state index contributed by atoms with van der Waals surface area (Å²) < 4.78 is 7.61. The van der Waals surface area contributed by atoms with Gasteiger partial charge in [0.2, 0.25) is 11.7 Å². The van der Waals surface area contributed by atoms with Gasteiger partial charge in [-0.25, -0.2) is 0 Å². The molecule has 7 nitrogen and oxygen atoms in total. The van der Waals surface area contributed by atoms with E-state index >= 15 is 0 Å². The summed E-state index contributed by atoms with van der Waals surface area (Å²) in [5.41, 5.74) is 2.82. The quantitative estimate of drug-likeness (QED) is 0.476. The van der Waals surface area contributed by atoms with Crippen molar-refractivity contribution in [2.45, 2.75) is 13.5 Å². The van der Waals surface area contributed by atoms with E-state index in [-0.39, 0.29) is 23.9 Å². The maximum atomic E-state index is 12.4. The standard InChI is InChI=1S/C22H17BrN4O3/c1-14-2-9-18(10-3-14)24-19(28)13-27-12-16(6-11-20(27)29)22-25-21(26-30-22)15-4-7-17(23)8-5-15/h2-12H,13H2,1H3,(H,24,28). The monoisotopic (exact) mass is 464 g/mol. The fourth-order valence-electron chi connectivity index (χ4n) is 2.83. The number of carbonyl (C=O) groups excluding carboxylic acids is 1. The number of anilines is 1. The first kappa shape index (κ1) is 19.8. The Bertz CT molecular complexity index is 1240. The first-order valence-corrected chi connectivity index (χ1v) is 9.94. The second-order valence-corrected chi connectivity index (χ2v) is 7.64. The topological polar surface area (TPSA) is 90.0 Å². The minimum absolute atomic E-state index is 0.131. The molecule has 150 valence electrons. The summed E-state index contributed by atoms with van der Waals surface area (Å²) in [5.74, 6) is 0.396. The molecule has 0 radical (unpaired) electrons. The van der Waals surface area contributed by atoms with Crippen molar-refractivity contribution in [2.24, 2.45) is 0 Å². The van der Waals surface area contributed by atoms with Crippen molar-refractivity contribution in [2.75, 3.05) is 5.32 Å². The van der Waals surface area contributed by atoms with Crippen LogP contribution in [0.3, 0.4) is 0 Å². The number of rotatable bonds is 5. The molecule has 0 fully saturated rings. The number of aromatic nitrogens is 3. The highest BCUT2D eigenvalue weighted by molar-refractivity contribution is 9.10. The minimum Gasteiger partial charge on any atom is -0.334 e. The summed E-state index contributed by atoms with van der Waals surface area (Å²) in [6, 6.07) is 17.9. The third-order valence-corrected chi connectivity index (χ3v) is 4.94. The number of hydrogen-bond acceptors (Lipinski definition) is 5. The first-order chi connectivity index (χ1) is 14.5. The van der Waals surface area contributed by atoms with Gasteiger partial charge in [-0.05, 0) is 49.4 Å². The van der Waals surface area contributed by atoms with Crippen LogP contribution in [0.25, 0.3) is 22.8 Å². The summed E-state index contributed by atoms with van der Waals surface area (Å²) in [4.78, 5) is 29.0. The van der Waals surface area contributed by atoms with Crippen LogP contribution in [0, 0.1) is 6.92 Å². The molecule has 0 aliphatic heterocycles. The van der Waals surface area contributed by atoms with Crippen molar-refractivity contribution in [3.05, 3.63) is 87.3 Å². The molecular formula is C22H17BrN4O3. The molecule has 0 unspecified atom stereocenters. The highest BCUT2D eigenvalue weighted by Crippen LogP contribution is 2.23. The summed E-state index contributed by atoms with van der Waals surface area (Å²) in [7, 11) is 0. The molecule has 0 spiro atoms. The van der Waals surface area contributed by atoms with Crippen LogP contribution in [0.1, 0.15) is 5.56 Å². The fraction of sp³-hybridized carbons (Fsp3) is 0.0909. The van der Waals surface area contributed by atoms with Crippen LogP contribution in [0.4, 0.5) is 5.69 Å². The Morgan fingerprint density at radius 3 is 2.47 bits per heavy atom. The minimum atomic E-state index is -0.306. The van der Waals surface area contributed by atoms with Crippen LogP contribution < -0.4 is 10.9 Å². The van der Waals surface area contributed by atoms with Gasteiger partial charge in [0.05, 0.1) is 5.56 Å². The van der Waals surface area contributed by atoms with Gasteiger partial charge in [-0.15, -0.1) is 0 Å². The van der Waals surface area contributed by atoms with Crippen molar-refractivity contribution in [3.63, 3.8) is 0 Å². The highest BCUT2D eigenvalue weighted by atomic mass is 79.9. The Kier molecular flexibility index (Phi) is 5.58. The second kappa shape index (κ2) is 8.46. The number of aryl methyl sites for hydroxylation is 1. The Morgan fingerprint density at radius 1 is 1.03 bits per heavy atom. The molecule has 0 bridgehead atoms. The van der Waals surface area contributed by atoms with E-state index in [9.17, 15) is 9.59 Å². The first-order valence-electron chi connectivity index (χ1n) is 9.15. The molecule has 8 heteroatoms. The number of carbonyl (C=O) groups is 1. The molecule has 2 heterocycles. The molecule has 30 heavy (non-hydrogen) atoms. The van der Waals surface area contributed by atoms with Gasteiger partial charge >= 0.3 is 0 Å². The summed E-state index contributed by atoms with van der Waals surface area (Å²) in [5, 5.41) is 6.78. The molecule has 4 rings (SSSR count). The molecule has 0 aliphatic rings. The Balaban J connectivity index is 1.53. The van der Waals surface area contributed by atoms with E-state index in [2.05, 4.69) is 31.4 Å². The average molecular weight is 465 g/mol. The Morgan fingerprint density at radius 2 is 1.73 bits per heavy atom. The zero-order valence-corrected chi connectivity index (χ0v) is 17.6. The summed E-state index contributed by atoms with van der Waals surface area (Å²) >= 11 is 3.39. The fourth-order valence-corrected chi connectivity index (χ4v) is 3.09. The van der Waals surface area contributed by atoms with Crippen LogP contribution in [0.2, 0.25) is 0 Å². The van der Waals surface area contributed by atoms with E-state index in [1.807, 2.05) is 55.5 Å². The van der Waals surface area contributed by atoms with Gasteiger partial charge < -0.3 is 14.4 Å². The predicted molar refractivity (Wildman–Crippen MR) is 117 cm³/mol. The van der Waals surface area contributed by atoms with Crippen LogP contribution in [-0.4, -0.2) is 20.6 Å². The molecule has 0 saturated heterocycles. The maximum absolute atomic E-state index is 12.4. The SMILES string of the molecule is Cc1ccc(NC(=O)Cn2cc(-c3nc(-c4ccc(Br)cc4)no3)ccc2=O)cc1. The van der Waals surface area contributed by atoms with Gasteiger partial charge in [0, 0.05) is 28.0 Å². The summed E-state index contributed by atoms with van der Waals surface area (Å²) in [6.45, 7) is 1.84. The third kappa shape index (κ3) is 4.55. The zero-order chi connectivity index (χ0) is 21.1. The van der Waals surface area contributed by atoms with Crippen LogP contribution in [0.5, 0.6) is 0 Å². The Hall–Kier alpha value is -3.52. The van der Waals surface area contributed by atoms with Gasteiger partial charge in [0.25, 0.3) is 11.4 Å². The van der Waals surface area contributed by atoms with Gasteiger partial charge in [-0.1, -0.05) is 38.8 Å². The van der Waals surface area contributed by atoms with Gasteiger partial charge in [-0.2, -0.15) is 4.98 Å². The molecule has 1 amide bonds. The molecule has 4 aromatic rings. The van der Waals surface area contributed by atoms with E-state index in [1.54, 1.807) is 6.07 Å².